The number of benzene rings is 1. The number of nitrogens with zero attached hydrogens (tertiary/aromatic N) is 2. The highest BCUT2D eigenvalue weighted by atomic mass is 35.5. The Labute approximate surface area is 176 Å². The van der Waals surface area contributed by atoms with E-state index >= 15 is 0 Å². The van der Waals surface area contributed by atoms with Crippen molar-refractivity contribution in [2.75, 3.05) is 18.5 Å². The second-order valence-corrected chi connectivity index (χ2v) is 8.72. The summed E-state index contributed by atoms with van der Waals surface area (Å²) < 4.78 is 0. The van der Waals surface area contributed by atoms with Crippen molar-refractivity contribution in [1.29, 1.82) is 0 Å². The number of hydrogen-bond acceptors (Lipinski definition) is 4. The van der Waals surface area contributed by atoms with Crippen LogP contribution in [0, 0.1) is 0 Å². The van der Waals surface area contributed by atoms with E-state index in [0.717, 1.165) is 17.7 Å². The molecule has 1 unspecified atom stereocenters. The van der Waals surface area contributed by atoms with Gasteiger partial charge in [-0.15, -0.1) is 6.58 Å². The summed E-state index contributed by atoms with van der Waals surface area (Å²) in [5.41, 5.74) is 2.90. The lowest BCUT2D eigenvalue weighted by Gasteiger charge is -2.45. The summed E-state index contributed by atoms with van der Waals surface area (Å²) in [6, 6.07) is 3.89. The molecule has 1 aromatic rings. The van der Waals surface area contributed by atoms with Crippen molar-refractivity contribution in [2.24, 2.45) is 0 Å². The molecule has 1 aromatic carbocycles. The van der Waals surface area contributed by atoms with Crippen LogP contribution in [0.15, 0.2) is 30.4 Å². The Balaban J connectivity index is 2.06. The smallest absolute Gasteiger partial charge is 0.265 e. The van der Waals surface area contributed by atoms with Gasteiger partial charge in [0.1, 0.15) is 5.57 Å². The molecule has 2 aliphatic rings. The molecule has 3 rings (SSSR count). The molecule has 0 radical (unpaired) electrons. The van der Waals surface area contributed by atoms with Crippen LogP contribution in [0.4, 0.5) is 5.69 Å². The van der Waals surface area contributed by atoms with Crippen molar-refractivity contribution < 1.29 is 9.59 Å². The van der Waals surface area contributed by atoms with Gasteiger partial charge in [0, 0.05) is 29.8 Å². The topological polar surface area (TPSA) is 52.7 Å². The second-order valence-electron chi connectivity index (χ2n) is 7.93. The molecular formula is C21H24ClN3O2S. The molecule has 2 amide bonds. The Kier molecular flexibility index (Phi) is 5.38. The second kappa shape index (κ2) is 7.33. The first kappa shape index (κ1) is 20.6. The standard InChI is InChI=1S/C21H24ClN3O2S/c1-6-7-25-19(27)15(18(26)23-20(25)28)9-13-8-14-12(2)11-21(3,4)24(5)17(14)10-16(13)22/h6,8-10,12H,1,7,11H2,2-5H3,(H,23,26,28)/b15-9+. The zero-order chi connectivity index (χ0) is 20.8. The molecule has 0 bridgehead atoms. The highest BCUT2D eigenvalue weighted by Crippen LogP contribution is 2.44. The van der Waals surface area contributed by atoms with Crippen LogP contribution in [0.3, 0.4) is 0 Å². The number of carbonyl (C=O) groups excluding carboxylic acids is 2. The van der Waals surface area contributed by atoms with Gasteiger partial charge in [-0.2, -0.15) is 0 Å². The third-order valence-electron chi connectivity index (χ3n) is 5.55. The summed E-state index contributed by atoms with van der Waals surface area (Å²) >= 11 is 11.6. The summed E-state index contributed by atoms with van der Waals surface area (Å²) in [6.07, 6.45) is 4.10. The maximum Gasteiger partial charge on any atom is 0.265 e. The molecule has 0 aliphatic carbocycles. The zero-order valence-electron chi connectivity index (χ0n) is 16.5. The van der Waals surface area contributed by atoms with Crippen LogP contribution in [-0.2, 0) is 9.59 Å². The first-order chi connectivity index (χ1) is 13.1. The molecule has 2 aliphatic heterocycles. The van der Waals surface area contributed by atoms with Crippen LogP contribution >= 0.6 is 23.8 Å². The van der Waals surface area contributed by atoms with Crippen molar-refractivity contribution in [3.05, 3.63) is 46.5 Å². The number of fused-ring (bicyclic) bond motifs is 1. The van der Waals surface area contributed by atoms with E-state index in [-0.39, 0.29) is 22.8 Å². The van der Waals surface area contributed by atoms with Gasteiger partial charge < -0.3 is 4.90 Å². The van der Waals surface area contributed by atoms with Crippen LogP contribution in [-0.4, -0.2) is 41.0 Å². The molecule has 2 heterocycles. The van der Waals surface area contributed by atoms with Gasteiger partial charge in [-0.1, -0.05) is 24.6 Å². The highest BCUT2D eigenvalue weighted by Gasteiger charge is 2.36. The van der Waals surface area contributed by atoms with Crippen LogP contribution in [0.25, 0.3) is 6.08 Å². The number of rotatable bonds is 3. The minimum absolute atomic E-state index is 0.00875. The van der Waals surface area contributed by atoms with E-state index in [1.165, 1.54) is 4.90 Å². The summed E-state index contributed by atoms with van der Waals surface area (Å²) in [4.78, 5) is 28.7. The van der Waals surface area contributed by atoms with Crippen LogP contribution in [0.2, 0.25) is 5.02 Å². The number of amides is 2. The predicted molar refractivity (Wildman–Crippen MR) is 118 cm³/mol. The van der Waals surface area contributed by atoms with Crippen LogP contribution in [0.5, 0.6) is 0 Å². The number of halogens is 1. The molecule has 0 aromatic heterocycles. The molecule has 1 N–H and O–H groups in total. The molecular weight excluding hydrogens is 394 g/mol. The normalized spacial score (nSPS) is 23.0. The molecule has 1 saturated heterocycles. The Morgan fingerprint density at radius 3 is 2.71 bits per heavy atom. The lowest BCUT2D eigenvalue weighted by atomic mass is 9.80. The zero-order valence-corrected chi connectivity index (χ0v) is 18.1. The molecule has 5 nitrogen and oxygen atoms in total. The quantitative estimate of drug-likeness (QED) is 0.351. The predicted octanol–water partition coefficient (Wildman–Crippen LogP) is 3.87. The number of hydrogen-bond donors (Lipinski definition) is 1. The largest absolute Gasteiger partial charge is 0.369 e. The third-order valence-corrected chi connectivity index (χ3v) is 6.20. The molecule has 7 heteroatoms. The van der Waals surface area contributed by atoms with E-state index in [4.69, 9.17) is 23.8 Å². The van der Waals surface area contributed by atoms with Crippen molar-refractivity contribution in [3.8, 4) is 0 Å². The Morgan fingerprint density at radius 2 is 2.07 bits per heavy atom. The average Bonchev–Trinajstić information content (AvgIpc) is 2.60. The van der Waals surface area contributed by atoms with Crippen molar-refractivity contribution in [3.63, 3.8) is 0 Å². The Hall–Kier alpha value is -2.18. The maximum absolute atomic E-state index is 12.8. The summed E-state index contributed by atoms with van der Waals surface area (Å²) in [6.45, 7) is 10.5. The number of carbonyl (C=O) groups is 2. The Bertz CT molecular complexity index is 922. The minimum Gasteiger partial charge on any atom is -0.369 e. The van der Waals surface area contributed by atoms with Gasteiger partial charge in [-0.25, -0.2) is 0 Å². The molecule has 28 heavy (non-hydrogen) atoms. The molecule has 0 saturated carbocycles. The van der Waals surface area contributed by atoms with E-state index in [0.29, 0.717) is 16.5 Å². The van der Waals surface area contributed by atoms with Crippen LogP contribution in [0.1, 0.15) is 44.2 Å². The molecule has 1 atom stereocenters. The first-order valence-corrected chi connectivity index (χ1v) is 9.92. The molecule has 0 spiro atoms. The lowest BCUT2D eigenvalue weighted by Crippen LogP contribution is -2.53. The Morgan fingerprint density at radius 1 is 1.39 bits per heavy atom. The van der Waals surface area contributed by atoms with E-state index in [2.05, 4.69) is 44.6 Å². The van der Waals surface area contributed by atoms with Crippen LogP contribution < -0.4 is 10.2 Å². The van der Waals surface area contributed by atoms with E-state index in [9.17, 15) is 9.59 Å². The monoisotopic (exact) mass is 417 g/mol. The average molecular weight is 418 g/mol. The van der Waals surface area contributed by atoms with Crippen molar-refractivity contribution in [1.82, 2.24) is 10.2 Å². The first-order valence-electron chi connectivity index (χ1n) is 9.14. The fourth-order valence-electron chi connectivity index (χ4n) is 3.86. The van der Waals surface area contributed by atoms with Crippen molar-refractivity contribution in [2.45, 2.75) is 38.6 Å². The van der Waals surface area contributed by atoms with Gasteiger partial charge in [0.2, 0.25) is 0 Å². The fraction of sp³-hybridized carbons (Fsp3) is 0.381. The minimum atomic E-state index is -0.518. The van der Waals surface area contributed by atoms with Crippen molar-refractivity contribution >= 4 is 52.5 Å². The fourth-order valence-corrected chi connectivity index (χ4v) is 4.32. The third kappa shape index (κ3) is 3.47. The van der Waals surface area contributed by atoms with Gasteiger partial charge in [0.25, 0.3) is 11.8 Å². The maximum atomic E-state index is 12.8. The summed E-state index contributed by atoms with van der Waals surface area (Å²) in [5, 5.41) is 3.13. The number of nitrogens with one attached hydrogen (secondary N) is 1. The molecule has 1 fully saturated rings. The summed E-state index contributed by atoms with van der Waals surface area (Å²) in [7, 11) is 2.06. The van der Waals surface area contributed by atoms with Gasteiger partial charge >= 0.3 is 0 Å². The summed E-state index contributed by atoms with van der Waals surface area (Å²) in [5.74, 6) is -0.638. The number of anilines is 1. The van der Waals surface area contributed by atoms with Gasteiger partial charge in [0.05, 0.1) is 0 Å². The van der Waals surface area contributed by atoms with Gasteiger partial charge in [0.15, 0.2) is 5.11 Å². The van der Waals surface area contributed by atoms with Gasteiger partial charge in [-0.3, -0.25) is 19.8 Å². The lowest BCUT2D eigenvalue weighted by molar-refractivity contribution is -0.128. The number of thiocarbonyl (C=S) groups is 1. The SMILES string of the molecule is C=CCN1C(=O)/C(=C/c2cc3c(cc2Cl)N(C)C(C)(C)CC3C)C(=O)NC1=S. The van der Waals surface area contributed by atoms with E-state index in [1.807, 2.05) is 12.1 Å². The van der Waals surface area contributed by atoms with E-state index in [1.54, 1.807) is 12.2 Å². The highest BCUT2D eigenvalue weighted by molar-refractivity contribution is 7.80. The molecule has 148 valence electrons. The van der Waals surface area contributed by atoms with Gasteiger partial charge in [-0.05, 0) is 67.7 Å². The van der Waals surface area contributed by atoms with E-state index < -0.39 is 11.8 Å².